The van der Waals surface area contributed by atoms with Crippen LogP contribution in [0.1, 0.15) is 18.1 Å². The van der Waals surface area contributed by atoms with Crippen molar-refractivity contribution in [2.24, 2.45) is 0 Å². The minimum Gasteiger partial charge on any atom is -0.481 e. The molecular weight excluding hydrogens is 224 g/mol. The van der Waals surface area contributed by atoms with Crippen molar-refractivity contribution in [2.75, 3.05) is 0 Å². The summed E-state index contributed by atoms with van der Waals surface area (Å²) in [5, 5.41) is 35.2. The van der Waals surface area contributed by atoms with Gasteiger partial charge < -0.3 is 15.3 Å². The molecule has 2 rings (SSSR count). The van der Waals surface area contributed by atoms with Crippen molar-refractivity contribution < 1.29 is 20.1 Å². The fourth-order valence-corrected chi connectivity index (χ4v) is 1.66. The number of fused-ring (bicyclic) bond motifs is 1. The van der Waals surface area contributed by atoms with E-state index in [9.17, 15) is 15.0 Å². The van der Waals surface area contributed by atoms with E-state index in [4.69, 9.17) is 5.11 Å². The number of hydrogen-bond donors (Lipinski definition) is 4. The molecule has 17 heavy (non-hydrogen) atoms. The van der Waals surface area contributed by atoms with E-state index < -0.39 is 24.6 Å². The van der Waals surface area contributed by atoms with Crippen molar-refractivity contribution in [1.29, 1.82) is 0 Å². The third-order valence-electron chi connectivity index (χ3n) is 2.55. The molecule has 1 aromatic carbocycles. The highest BCUT2D eigenvalue weighted by Gasteiger charge is 2.21. The van der Waals surface area contributed by atoms with Gasteiger partial charge in [0.2, 0.25) is 0 Å². The van der Waals surface area contributed by atoms with Crippen LogP contribution in [0.15, 0.2) is 24.4 Å². The van der Waals surface area contributed by atoms with Crippen LogP contribution in [0.2, 0.25) is 0 Å². The largest absolute Gasteiger partial charge is 0.481 e. The van der Waals surface area contributed by atoms with Crippen LogP contribution in [-0.2, 0) is 4.79 Å². The molecule has 0 saturated carbocycles. The fourth-order valence-electron chi connectivity index (χ4n) is 1.66. The van der Waals surface area contributed by atoms with Crippen molar-refractivity contribution >= 4 is 16.9 Å². The van der Waals surface area contributed by atoms with Crippen molar-refractivity contribution in [1.82, 2.24) is 10.2 Å². The van der Waals surface area contributed by atoms with E-state index >= 15 is 0 Å². The molecule has 2 aromatic rings. The lowest BCUT2D eigenvalue weighted by Crippen LogP contribution is -2.21. The molecule has 6 heteroatoms. The highest BCUT2D eigenvalue weighted by molar-refractivity contribution is 5.78. The number of rotatable bonds is 4. The molecule has 0 radical (unpaired) electrons. The maximum Gasteiger partial charge on any atom is 0.306 e. The molecule has 0 aliphatic heterocycles. The molecule has 6 nitrogen and oxygen atoms in total. The van der Waals surface area contributed by atoms with Crippen molar-refractivity contribution in [3.05, 3.63) is 30.0 Å². The van der Waals surface area contributed by atoms with Gasteiger partial charge >= 0.3 is 5.97 Å². The zero-order valence-corrected chi connectivity index (χ0v) is 8.87. The van der Waals surface area contributed by atoms with Gasteiger partial charge in [-0.3, -0.25) is 9.89 Å². The Morgan fingerprint density at radius 2 is 2.18 bits per heavy atom. The Balaban J connectivity index is 2.23. The number of aromatic amines is 1. The van der Waals surface area contributed by atoms with Crippen LogP contribution in [0.5, 0.6) is 0 Å². The Hall–Kier alpha value is -1.92. The summed E-state index contributed by atoms with van der Waals surface area (Å²) in [5.74, 6) is -1.15. The monoisotopic (exact) mass is 236 g/mol. The summed E-state index contributed by atoms with van der Waals surface area (Å²) in [5.41, 5.74) is 1.28. The van der Waals surface area contributed by atoms with E-state index in [0.717, 1.165) is 10.9 Å². The standard InChI is InChI=1S/C11H12N2O4/c14-9(4-10(15)16)11(17)6-1-2-8-7(3-6)5-12-13-8/h1-3,5,9,11,14,17H,4H2,(H,12,13)(H,15,16). The molecule has 1 heterocycles. The molecular formula is C11H12N2O4. The highest BCUT2D eigenvalue weighted by atomic mass is 16.4. The van der Waals surface area contributed by atoms with E-state index in [2.05, 4.69) is 10.2 Å². The molecule has 0 fully saturated rings. The predicted molar refractivity (Wildman–Crippen MR) is 59.3 cm³/mol. The van der Waals surface area contributed by atoms with Crippen LogP contribution in [0.4, 0.5) is 0 Å². The SMILES string of the molecule is O=C(O)CC(O)C(O)c1ccc2[nH]ncc2c1. The second-order valence-electron chi connectivity index (χ2n) is 3.83. The molecule has 1 aromatic heterocycles. The van der Waals surface area contributed by atoms with Crippen LogP contribution >= 0.6 is 0 Å². The Morgan fingerprint density at radius 1 is 1.41 bits per heavy atom. The van der Waals surface area contributed by atoms with Crippen molar-refractivity contribution in [2.45, 2.75) is 18.6 Å². The van der Waals surface area contributed by atoms with Gasteiger partial charge in [0.25, 0.3) is 0 Å². The van der Waals surface area contributed by atoms with E-state index in [1.165, 1.54) is 0 Å². The summed E-state index contributed by atoms with van der Waals surface area (Å²) in [7, 11) is 0. The number of nitrogens with one attached hydrogen (secondary N) is 1. The van der Waals surface area contributed by atoms with Gasteiger partial charge in [-0.15, -0.1) is 0 Å². The maximum absolute atomic E-state index is 10.4. The van der Waals surface area contributed by atoms with Gasteiger partial charge in [-0.2, -0.15) is 5.10 Å². The average molecular weight is 236 g/mol. The molecule has 0 aliphatic carbocycles. The van der Waals surface area contributed by atoms with E-state index in [1.54, 1.807) is 24.4 Å². The summed E-state index contributed by atoms with van der Waals surface area (Å²) in [4.78, 5) is 10.4. The van der Waals surface area contributed by atoms with Crippen LogP contribution in [0.25, 0.3) is 10.9 Å². The maximum atomic E-state index is 10.4. The van der Waals surface area contributed by atoms with Crippen LogP contribution < -0.4 is 0 Å². The summed E-state index contributed by atoms with van der Waals surface area (Å²) in [6, 6.07) is 5.00. The minimum absolute atomic E-state index is 0.465. The second kappa shape index (κ2) is 4.52. The molecule has 0 saturated heterocycles. The Morgan fingerprint density at radius 3 is 2.88 bits per heavy atom. The predicted octanol–water partition coefficient (Wildman–Crippen LogP) is 0.432. The van der Waals surface area contributed by atoms with Crippen LogP contribution in [0, 0.1) is 0 Å². The number of carbonyl (C=O) groups is 1. The smallest absolute Gasteiger partial charge is 0.306 e. The van der Waals surface area contributed by atoms with E-state index in [0.29, 0.717) is 5.56 Å². The van der Waals surface area contributed by atoms with E-state index in [1.807, 2.05) is 0 Å². The van der Waals surface area contributed by atoms with Gasteiger partial charge in [0.05, 0.1) is 24.2 Å². The number of carboxylic acid groups (broad SMARTS) is 1. The first kappa shape index (κ1) is 11.6. The quantitative estimate of drug-likeness (QED) is 0.616. The topological polar surface area (TPSA) is 106 Å². The summed E-state index contributed by atoms with van der Waals surface area (Å²) in [6.45, 7) is 0. The van der Waals surface area contributed by atoms with Gasteiger partial charge in [0.15, 0.2) is 0 Å². The summed E-state index contributed by atoms with van der Waals surface area (Å²) < 4.78 is 0. The molecule has 2 atom stereocenters. The molecule has 0 aliphatic rings. The normalized spacial score (nSPS) is 14.7. The number of H-pyrrole nitrogens is 1. The second-order valence-corrected chi connectivity index (χ2v) is 3.83. The molecule has 0 amide bonds. The number of aromatic nitrogens is 2. The molecule has 2 unspecified atom stereocenters. The third-order valence-corrected chi connectivity index (χ3v) is 2.55. The van der Waals surface area contributed by atoms with Crippen LogP contribution in [0.3, 0.4) is 0 Å². The van der Waals surface area contributed by atoms with Gasteiger partial charge in [0.1, 0.15) is 6.10 Å². The first-order valence-corrected chi connectivity index (χ1v) is 5.09. The summed E-state index contributed by atoms with van der Waals surface area (Å²) in [6.07, 6.45) is -1.44. The lowest BCUT2D eigenvalue weighted by molar-refractivity contribution is -0.141. The van der Waals surface area contributed by atoms with Crippen molar-refractivity contribution in [3.63, 3.8) is 0 Å². The Kier molecular flexibility index (Phi) is 3.08. The molecule has 4 N–H and O–H groups in total. The zero-order chi connectivity index (χ0) is 12.4. The summed E-state index contributed by atoms with van der Waals surface area (Å²) >= 11 is 0. The van der Waals surface area contributed by atoms with E-state index in [-0.39, 0.29) is 0 Å². The number of carboxylic acids is 1. The van der Waals surface area contributed by atoms with Gasteiger partial charge in [-0.25, -0.2) is 0 Å². The third kappa shape index (κ3) is 2.43. The first-order chi connectivity index (χ1) is 8.08. The van der Waals surface area contributed by atoms with Gasteiger partial charge in [-0.05, 0) is 17.7 Å². The number of aliphatic carboxylic acids is 1. The number of aliphatic hydroxyl groups excluding tert-OH is 2. The fraction of sp³-hybridized carbons (Fsp3) is 0.273. The lowest BCUT2D eigenvalue weighted by atomic mass is 10.0. The van der Waals surface area contributed by atoms with Crippen molar-refractivity contribution in [3.8, 4) is 0 Å². The minimum atomic E-state index is -1.32. The first-order valence-electron chi connectivity index (χ1n) is 5.09. The number of aliphatic hydroxyl groups is 2. The van der Waals surface area contributed by atoms with Crippen LogP contribution in [-0.4, -0.2) is 37.6 Å². The average Bonchev–Trinajstić information content (AvgIpc) is 2.73. The number of hydrogen-bond acceptors (Lipinski definition) is 4. The number of nitrogens with zero attached hydrogens (tertiary/aromatic N) is 1. The van der Waals surface area contributed by atoms with Gasteiger partial charge in [0, 0.05) is 5.39 Å². The molecule has 0 spiro atoms. The molecule has 90 valence electrons. The van der Waals surface area contributed by atoms with Gasteiger partial charge in [-0.1, -0.05) is 6.07 Å². The number of benzene rings is 1. The molecule has 0 bridgehead atoms. The Labute approximate surface area is 96.5 Å². The highest BCUT2D eigenvalue weighted by Crippen LogP contribution is 2.22. The zero-order valence-electron chi connectivity index (χ0n) is 8.87. The Bertz CT molecular complexity index is 537. The lowest BCUT2D eigenvalue weighted by Gasteiger charge is -2.16.